The van der Waals surface area contributed by atoms with Crippen LogP contribution in [0.4, 0.5) is 0 Å². The highest BCUT2D eigenvalue weighted by molar-refractivity contribution is 6.39. The van der Waals surface area contributed by atoms with Crippen molar-refractivity contribution in [2.75, 3.05) is 48.4 Å². The highest BCUT2D eigenvalue weighted by Crippen LogP contribution is 2.53. The number of carbonyl (C=O) groups excluding carboxylic acids is 2. The Labute approximate surface area is 527 Å². The molecule has 1 aromatic carbocycles. The van der Waals surface area contributed by atoms with Crippen LogP contribution in [0.15, 0.2) is 0 Å². The molecule has 0 amide bonds. The predicted octanol–water partition coefficient (Wildman–Crippen LogP) is -0.155. The lowest BCUT2D eigenvalue weighted by Crippen LogP contribution is -2.72. The number of ether oxygens (including phenoxy) is 22. The van der Waals surface area contributed by atoms with Crippen LogP contribution in [-0.4, -0.2) is 285 Å². The SMILES string of the molecule is COC[C@H]1O[C@@H](O[C@H]2OC[C@@H]3O[C@]4(O[C@H]3[C@H]2O)O[C@H](C)[C@@](O)(C(C)=O)[C@@H]2OCO[C@H]24)[C@@H](OC)[C@@H](O)[C@@H]1O[C@@H]1O[C@H](C)[C@H](OC)[C@H](O[C@H]2C[C@@]3(C)OC4(C[C@@H](O)[C@H](O[C@H]5C[C@@H](O)[C@H](OC(=O)c6c(C)c(Cl)c(O)c(Cl)c6OC)[C@@H](C)O5)[C@@H](C)O4)O[C@@H]3[C@@H](C)O2)[C@H]1O. The van der Waals surface area contributed by atoms with Crippen LogP contribution >= 0.6 is 23.2 Å². The zero-order valence-electron chi connectivity index (χ0n) is 51.5. The molecule has 10 heterocycles. The average Bonchev–Trinajstić information content (AvgIpc) is 1.53. The van der Waals surface area contributed by atoms with Crippen LogP contribution < -0.4 is 4.74 Å². The number of ketones is 1. The van der Waals surface area contributed by atoms with Gasteiger partial charge in [0.15, 0.2) is 66.5 Å². The lowest BCUT2D eigenvalue weighted by Gasteiger charge is -2.49. The molecule has 11 rings (SSSR count). The first-order chi connectivity index (χ1) is 42.6. The third kappa shape index (κ3) is 12.1. The molecule has 31 atom stereocenters. The van der Waals surface area contributed by atoms with Crippen molar-refractivity contribution in [3.63, 3.8) is 0 Å². The Hall–Kier alpha value is -2.50. The Bertz CT molecular complexity index is 2710. The van der Waals surface area contributed by atoms with Gasteiger partial charge in [0.1, 0.15) is 102 Å². The number of aliphatic hydroxyl groups excluding tert-OH is 5. The molecular formula is C57H82Cl2O31. The van der Waals surface area contributed by atoms with Gasteiger partial charge in [-0.1, -0.05) is 23.2 Å². The first-order valence-electron chi connectivity index (χ1n) is 29.9. The minimum absolute atomic E-state index is 0.0141. The number of methoxy groups -OCH3 is 4. The molecule has 0 radical (unpaired) electrons. The Morgan fingerprint density at radius 2 is 1.33 bits per heavy atom. The molecule has 10 saturated heterocycles. The van der Waals surface area contributed by atoms with Gasteiger partial charge < -0.3 is 140 Å². The highest BCUT2D eigenvalue weighted by Gasteiger charge is 2.72. The molecule has 510 valence electrons. The number of aliphatic hydroxyl groups is 6. The summed E-state index contributed by atoms with van der Waals surface area (Å²) in [7, 11) is 5.36. The summed E-state index contributed by atoms with van der Waals surface area (Å²) in [6.07, 6.45) is -32.4. The smallest absolute Gasteiger partial charge is 0.342 e. The minimum atomic E-state index is -2.09. The van der Waals surface area contributed by atoms with Crippen LogP contribution in [0.2, 0.25) is 10.0 Å². The maximum absolute atomic E-state index is 13.5. The number of rotatable bonds is 16. The number of halogens is 2. The van der Waals surface area contributed by atoms with Gasteiger partial charge >= 0.3 is 11.9 Å². The number of carbonyl (C=O) groups is 2. The van der Waals surface area contributed by atoms with Crippen LogP contribution in [0.1, 0.15) is 83.7 Å². The van der Waals surface area contributed by atoms with Crippen LogP contribution in [0.3, 0.4) is 0 Å². The van der Waals surface area contributed by atoms with Crippen molar-refractivity contribution < 1.29 is 150 Å². The molecule has 10 aliphatic rings. The number of phenols is 1. The number of hydrogen-bond donors (Lipinski definition) is 7. The highest BCUT2D eigenvalue weighted by atomic mass is 35.5. The van der Waals surface area contributed by atoms with E-state index in [4.69, 9.17) is 127 Å². The van der Waals surface area contributed by atoms with E-state index in [0.29, 0.717) is 0 Å². The van der Waals surface area contributed by atoms with Crippen LogP contribution in [0.25, 0.3) is 0 Å². The topological polar surface area (TPSA) is 379 Å². The van der Waals surface area contributed by atoms with Gasteiger partial charge in [-0.25, -0.2) is 4.79 Å². The maximum Gasteiger partial charge on any atom is 0.342 e. The summed E-state index contributed by atoms with van der Waals surface area (Å²) >= 11 is 12.5. The van der Waals surface area contributed by atoms with Gasteiger partial charge in [0.25, 0.3) is 5.97 Å². The van der Waals surface area contributed by atoms with Gasteiger partial charge in [0.2, 0.25) is 0 Å². The summed E-state index contributed by atoms with van der Waals surface area (Å²) < 4.78 is 134. The average molecular weight is 1330 g/mol. The maximum atomic E-state index is 13.5. The monoisotopic (exact) mass is 1330 g/mol. The molecule has 0 aliphatic carbocycles. The van der Waals surface area contributed by atoms with Crippen molar-refractivity contribution in [1.29, 1.82) is 0 Å². The van der Waals surface area contributed by atoms with E-state index in [0.717, 1.165) is 0 Å². The lowest BCUT2D eigenvalue weighted by molar-refractivity contribution is -0.428. The Kier molecular flexibility index (Phi) is 20.3. The zero-order chi connectivity index (χ0) is 65.0. The summed E-state index contributed by atoms with van der Waals surface area (Å²) in [6.45, 7) is 11.9. The van der Waals surface area contributed by atoms with E-state index in [2.05, 4.69) is 0 Å². The summed E-state index contributed by atoms with van der Waals surface area (Å²) in [5, 5.41) is 80.3. The molecule has 0 aromatic heterocycles. The molecule has 33 heteroatoms. The largest absolute Gasteiger partial charge is 0.505 e. The number of Topliss-reactive ketones (excluding diaryl/α,β-unsaturated/α-hetero) is 1. The van der Waals surface area contributed by atoms with Crippen molar-refractivity contribution in [2.24, 2.45) is 0 Å². The molecular weight excluding hydrogens is 1250 g/mol. The Balaban J connectivity index is 0.701. The number of fused-ring (bicyclic) bond motifs is 4. The molecule has 90 heavy (non-hydrogen) atoms. The normalized spacial score (nSPS) is 49.3. The Morgan fingerprint density at radius 3 is 2.00 bits per heavy atom. The molecule has 0 bridgehead atoms. The predicted molar refractivity (Wildman–Crippen MR) is 294 cm³/mol. The second-order valence-corrected chi connectivity index (χ2v) is 25.4. The fraction of sp³-hybridized carbons (Fsp3) is 0.860. The third-order valence-corrected chi connectivity index (χ3v) is 19.5. The van der Waals surface area contributed by atoms with E-state index in [-0.39, 0.29) is 66.2 Å². The first kappa shape index (κ1) is 68.9. The number of phenolic OH excluding ortho intramolecular Hbond substituents is 1. The second-order valence-electron chi connectivity index (χ2n) is 24.7. The van der Waals surface area contributed by atoms with Crippen LogP contribution in [0, 0.1) is 6.92 Å². The van der Waals surface area contributed by atoms with E-state index in [1.54, 1.807) is 34.6 Å². The molecule has 7 N–H and O–H groups in total. The van der Waals surface area contributed by atoms with Crippen molar-refractivity contribution in [3.8, 4) is 11.5 Å². The van der Waals surface area contributed by atoms with Crippen molar-refractivity contribution in [1.82, 2.24) is 0 Å². The summed E-state index contributed by atoms with van der Waals surface area (Å²) in [4.78, 5) is 26.2. The van der Waals surface area contributed by atoms with Gasteiger partial charge in [-0.05, 0) is 61.0 Å². The summed E-state index contributed by atoms with van der Waals surface area (Å²) in [6, 6.07) is 0. The van der Waals surface area contributed by atoms with Gasteiger partial charge in [-0.15, -0.1) is 0 Å². The van der Waals surface area contributed by atoms with Gasteiger partial charge in [-0.3, -0.25) is 4.79 Å². The second kappa shape index (κ2) is 26.5. The summed E-state index contributed by atoms with van der Waals surface area (Å²) in [5.74, 6) is -6.01. The standard InChI is InChI=1S/C57H82Cl2O31/c1-19-32(44(71-11)34(59)35(63)33(19)58)50(67)82-39-20(2)76-30(13-26(39)61)80-40-22(4)85-55(14-27(40)62)89-47-23(5)77-31(15-54(47,8)90-55)81-45-38(66)52(78-21(3)41(45)70-10)83-42-28(16-69-9)79-53(46(72-12)36(42)64)84-51-37(65)43-29(17-73-51)87-57(88-43)49-48(74-18-75-49)56(68,24(6)60)25(7)86-57/h20-23,25-31,36-43,45-49,51-53,61-66,68H,13-18H2,1-12H3/t20-,21-,22-,23-,25-,26-,27-,28-,29+,30+,31+,36+,37-,38-,39-,40-,41+,42-,43-,45-,46+,47-,48-,49-,51-,52+,53+,54-,55?,56+,57-/m1/s1. The fourth-order valence-electron chi connectivity index (χ4n) is 14.2. The molecule has 10 aliphatic heterocycles. The lowest BCUT2D eigenvalue weighted by atomic mass is 9.81. The molecule has 2 spiro atoms. The minimum Gasteiger partial charge on any atom is -0.505 e. The molecule has 0 saturated carbocycles. The van der Waals surface area contributed by atoms with Crippen LogP contribution in [-0.2, 0) is 104 Å². The number of esters is 1. The number of hydrogen-bond acceptors (Lipinski definition) is 31. The fourth-order valence-corrected chi connectivity index (χ4v) is 14.7. The van der Waals surface area contributed by atoms with E-state index in [1.165, 1.54) is 49.2 Å². The number of aromatic hydroxyl groups is 1. The van der Waals surface area contributed by atoms with Gasteiger partial charge in [0, 0.05) is 34.2 Å². The molecule has 31 nitrogen and oxygen atoms in total. The van der Waals surface area contributed by atoms with E-state index >= 15 is 0 Å². The summed E-state index contributed by atoms with van der Waals surface area (Å²) in [5.41, 5.74) is -3.28. The van der Waals surface area contributed by atoms with E-state index < -0.39 is 206 Å². The van der Waals surface area contributed by atoms with Crippen molar-refractivity contribution in [3.05, 3.63) is 21.2 Å². The van der Waals surface area contributed by atoms with Gasteiger partial charge in [0.05, 0.1) is 74.5 Å². The van der Waals surface area contributed by atoms with E-state index in [9.17, 15) is 45.3 Å². The molecule has 1 unspecified atom stereocenters. The zero-order valence-corrected chi connectivity index (χ0v) is 53.0. The van der Waals surface area contributed by atoms with Crippen molar-refractivity contribution >= 4 is 35.0 Å². The molecule has 10 fully saturated rings. The number of benzene rings is 1. The van der Waals surface area contributed by atoms with Gasteiger partial charge in [-0.2, -0.15) is 0 Å². The first-order valence-corrected chi connectivity index (χ1v) is 30.6. The third-order valence-electron chi connectivity index (χ3n) is 18.7. The molecule has 1 aromatic rings. The van der Waals surface area contributed by atoms with E-state index in [1.807, 2.05) is 0 Å². The van der Waals surface area contributed by atoms with Crippen molar-refractivity contribution in [2.45, 2.75) is 264 Å². The van der Waals surface area contributed by atoms with Crippen LogP contribution in [0.5, 0.6) is 11.5 Å². The Morgan fingerprint density at radius 1 is 0.644 bits per heavy atom. The quantitative estimate of drug-likeness (QED) is 0.106.